The molecule has 1 aromatic rings. The molecule has 0 unspecified atom stereocenters. The fourth-order valence-electron chi connectivity index (χ4n) is 2.54. The van der Waals surface area contributed by atoms with Gasteiger partial charge in [-0.15, -0.1) is 12.4 Å². The van der Waals surface area contributed by atoms with Gasteiger partial charge in [0.2, 0.25) is 5.91 Å². The maximum atomic E-state index is 11.9. The van der Waals surface area contributed by atoms with Crippen molar-refractivity contribution in [3.63, 3.8) is 0 Å². The Morgan fingerprint density at radius 1 is 1.45 bits per heavy atom. The largest absolute Gasteiger partial charge is 0.497 e. The Morgan fingerprint density at radius 3 is 2.91 bits per heavy atom. The summed E-state index contributed by atoms with van der Waals surface area (Å²) in [4.78, 5) is 24.8. The van der Waals surface area contributed by atoms with E-state index in [1.165, 1.54) is 0 Å². The van der Waals surface area contributed by atoms with Crippen LogP contribution in [0.1, 0.15) is 19.3 Å². The summed E-state index contributed by atoms with van der Waals surface area (Å²) >= 11 is 0. The number of rotatable bonds is 6. The van der Waals surface area contributed by atoms with Crippen molar-refractivity contribution in [2.24, 2.45) is 0 Å². The molecule has 1 saturated heterocycles. The number of benzene rings is 1. The molecule has 1 aromatic carbocycles. The molecular weight excluding hydrogens is 308 g/mol. The van der Waals surface area contributed by atoms with Crippen molar-refractivity contribution in [2.45, 2.75) is 25.3 Å². The lowest BCUT2D eigenvalue weighted by Gasteiger charge is -2.20. The van der Waals surface area contributed by atoms with Crippen LogP contribution in [-0.4, -0.2) is 48.1 Å². The normalized spacial score (nSPS) is 17.6. The third kappa shape index (κ3) is 4.89. The number of likely N-dealkylation sites (tertiary alicyclic amines) is 1. The predicted molar refractivity (Wildman–Crippen MR) is 85.7 cm³/mol. The summed E-state index contributed by atoms with van der Waals surface area (Å²) in [5.74, 6) is -0.252. The quantitative estimate of drug-likeness (QED) is 0.835. The minimum absolute atomic E-state index is 0. The van der Waals surface area contributed by atoms with Crippen LogP contribution in [0.3, 0.4) is 0 Å². The van der Waals surface area contributed by atoms with Crippen molar-refractivity contribution < 1.29 is 19.4 Å². The lowest BCUT2D eigenvalue weighted by Crippen LogP contribution is -2.37. The van der Waals surface area contributed by atoms with Crippen LogP contribution < -0.4 is 10.1 Å². The molecule has 1 amide bonds. The van der Waals surface area contributed by atoms with Gasteiger partial charge < -0.3 is 15.2 Å². The van der Waals surface area contributed by atoms with Crippen molar-refractivity contribution in [2.75, 3.05) is 25.5 Å². The third-order valence-corrected chi connectivity index (χ3v) is 3.63. The maximum absolute atomic E-state index is 11.9. The molecule has 1 aliphatic rings. The number of nitrogens with zero attached hydrogens (tertiary/aromatic N) is 1. The number of carboxylic acids is 1. The summed E-state index contributed by atoms with van der Waals surface area (Å²) in [5, 5.41) is 11.9. The van der Waals surface area contributed by atoms with Gasteiger partial charge in [-0.3, -0.25) is 14.5 Å². The van der Waals surface area contributed by atoms with Gasteiger partial charge in [-0.2, -0.15) is 0 Å². The summed E-state index contributed by atoms with van der Waals surface area (Å²) < 4.78 is 5.09. The van der Waals surface area contributed by atoms with Crippen LogP contribution in [0.2, 0.25) is 0 Å². The second-order valence-corrected chi connectivity index (χ2v) is 5.06. The Morgan fingerprint density at radius 2 is 2.23 bits per heavy atom. The smallest absolute Gasteiger partial charge is 0.320 e. The van der Waals surface area contributed by atoms with Gasteiger partial charge in [0.1, 0.15) is 11.8 Å². The number of aliphatic carboxylic acids is 1. The number of ether oxygens (including phenoxy) is 1. The molecule has 1 aliphatic heterocycles. The van der Waals surface area contributed by atoms with Gasteiger partial charge in [0, 0.05) is 24.7 Å². The van der Waals surface area contributed by atoms with E-state index in [1.807, 2.05) is 4.90 Å². The number of carbonyl (C=O) groups is 2. The Labute approximate surface area is 135 Å². The molecule has 7 heteroatoms. The minimum Gasteiger partial charge on any atom is -0.497 e. The second-order valence-electron chi connectivity index (χ2n) is 5.06. The molecule has 0 bridgehead atoms. The van der Waals surface area contributed by atoms with Crippen LogP contribution in [0.5, 0.6) is 5.75 Å². The van der Waals surface area contributed by atoms with Gasteiger partial charge in [0.15, 0.2) is 0 Å². The first-order chi connectivity index (χ1) is 10.1. The molecule has 0 spiro atoms. The molecule has 1 fully saturated rings. The first-order valence-corrected chi connectivity index (χ1v) is 7.01. The zero-order valence-electron chi connectivity index (χ0n) is 12.4. The number of hydrogen-bond donors (Lipinski definition) is 2. The average Bonchev–Trinajstić information content (AvgIpc) is 2.94. The number of carboxylic acid groups (broad SMARTS) is 1. The van der Waals surface area contributed by atoms with Crippen LogP contribution in [-0.2, 0) is 9.59 Å². The molecule has 22 heavy (non-hydrogen) atoms. The zero-order valence-corrected chi connectivity index (χ0v) is 13.3. The molecule has 2 rings (SSSR count). The van der Waals surface area contributed by atoms with Crippen LogP contribution >= 0.6 is 12.4 Å². The molecule has 6 nitrogen and oxygen atoms in total. The minimum atomic E-state index is -0.805. The first kappa shape index (κ1) is 18.3. The Balaban J connectivity index is 0.00000242. The fourth-order valence-corrected chi connectivity index (χ4v) is 2.54. The summed E-state index contributed by atoms with van der Waals surface area (Å²) in [6.45, 7) is 1.20. The van der Waals surface area contributed by atoms with E-state index in [1.54, 1.807) is 31.4 Å². The second kappa shape index (κ2) is 8.60. The molecule has 2 N–H and O–H groups in total. The monoisotopic (exact) mass is 328 g/mol. The highest BCUT2D eigenvalue weighted by atomic mass is 35.5. The molecule has 0 saturated carbocycles. The van der Waals surface area contributed by atoms with Crippen molar-refractivity contribution >= 4 is 30.0 Å². The SMILES string of the molecule is COc1cccc(NC(=O)CCN2CCC[C@@H]2C(=O)O)c1.Cl. The highest BCUT2D eigenvalue weighted by Crippen LogP contribution is 2.19. The topological polar surface area (TPSA) is 78.9 Å². The van der Waals surface area contributed by atoms with Gasteiger partial charge in [-0.1, -0.05) is 6.07 Å². The van der Waals surface area contributed by atoms with E-state index in [0.717, 1.165) is 13.0 Å². The zero-order chi connectivity index (χ0) is 15.2. The average molecular weight is 329 g/mol. The summed E-state index contributed by atoms with van der Waals surface area (Å²) in [7, 11) is 1.57. The van der Waals surface area contributed by atoms with Crippen molar-refractivity contribution in [3.8, 4) is 5.75 Å². The molecule has 1 atom stereocenters. The van der Waals surface area contributed by atoms with Gasteiger partial charge >= 0.3 is 5.97 Å². The summed E-state index contributed by atoms with van der Waals surface area (Å²) in [6.07, 6.45) is 1.81. The van der Waals surface area contributed by atoms with Crippen LogP contribution in [0.15, 0.2) is 24.3 Å². The Kier molecular flexibility index (Phi) is 7.14. The maximum Gasteiger partial charge on any atom is 0.320 e. The van der Waals surface area contributed by atoms with E-state index in [4.69, 9.17) is 9.84 Å². The molecule has 122 valence electrons. The molecule has 0 radical (unpaired) electrons. The van der Waals surface area contributed by atoms with Gasteiger partial charge in [-0.25, -0.2) is 0 Å². The lowest BCUT2D eigenvalue weighted by molar-refractivity contribution is -0.142. The van der Waals surface area contributed by atoms with Crippen LogP contribution in [0, 0.1) is 0 Å². The van der Waals surface area contributed by atoms with Gasteiger partial charge in [0.05, 0.1) is 7.11 Å². The van der Waals surface area contributed by atoms with Crippen LogP contribution in [0.25, 0.3) is 0 Å². The van der Waals surface area contributed by atoms with E-state index in [2.05, 4.69) is 5.32 Å². The molecule has 0 aromatic heterocycles. The lowest BCUT2D eigenvalue weighted by atomic mass is 10.2. The molecular formula is C15H21ClN2O4. The van der Waals surface area contributed by atoms with Crippen molar-refractivity contribution in [3.05, 3.63) is 24.3 Å². The van der Waals surface area contributed by atoms with Gasteiger partial charge in [0.25, 0.3) is 0 Å². The number of hydrogen-bond acceptors (Lipinski definition) is 4. The van der Waals surface area contributed by atoms with E-state index in [9.17, 15) is 9.59 Å². The third-order valence-electron chi connectivity index (χ3n) is 3.63. The van der Waals surface area contributed by atoms with E-state index >= 15 is 0 Å². The molecule has 0 aliphatic carbocycles. The van der Waals surface area contributed by atoms with Crippen molar-refractivity contribution in [1.82, 2.24) is 4.90 Å². The van der Waals surface area contributed by atoms with E-state index in [-0.39, 0.29) is 24.7 Å². The van der Waals surface area contributed by atoms with Gasteiger partial charge in [-0.05, 0) is 31.5 Å². The van der Waals surface area contributed by atoms with Crippen molar-refractivity contribution in [1.29, 1.82) is 0 Å². The number of methoxy groups -OCH3 is 1. The number of nitrogens with one attached hydrogen (secondary N) is 1. The fraction of sp³-hybridized carbons (Fsp3) is 0.467. The Hall–Kier alpha value is -1.79. The van der Waals surface area contributed by atoms with Crippen LogP contribution in [0.4, 0.5) is 5.69 Å². The standard InChI is InChI=1S/C15H20N2O4.ClH/c1-21-12-5-2-4-11(10-12)16-14(18)7-9-17-8-3-6-13(17)15(19)20;/h2,4-5,10,13H,3,6-9H2,1H3,(H,16,18)(H,19,20);1H/t13-;/m1./s1. The first-order valence-electron chi connectivity index (χ1n) is 7.01. The number of amides is 1. The number of carbonyl (C=O) groups excluding carboxylic acids is 1. The Bertz CT molecular complexity index is 524. The predicted octanol–water partition coefficient (Wildman–Crippen LogP) is 1.99. The highest BCUT2D eigenvalue weighted by molar-refractivity contribution is 5.91. The number of anilines is 1. The number of halogens is 1. The van der Waals surface area contributed by atoms with E-state index < -0.39 is 12.0 Å². The van der Waals surface area contributed by atoms with E-state index in [0.29, 0.717) is 24.4 Å². The summed E-state index contributed by atoms with van der Waals surface area (Å²) in [5.41, 5.74) is 0.676. The summed E-state index contributed by atoms with van der Waals surface area (Å²) in [6, 6.07) is 6.69. The molecule has 1 heterocycles. The highest BCUT2D eigenvalue weighted by Gasteiger charge is 2.30.